The molecule has 0 bridgehead atoms. The van der Waals surface area contributed by atoms with E-state index in [0.717, 1.165) is 44.0 Å². The van der Waals surface area contributed by atoms with Crippen molar-refractivity contribution in [2.45, 2.75) is 26.4 Å². The number of anilines is 1. The Morgan fingerprint density at radius 2 is 2.19 bits per heavy atom. The highest BCUT2D eigenvalue weighted by Gasteiger charge is 2.23. The molecule has 116 valence electrons. The molecule has 1 aliphatic heterocycles. The summed E-state index contributed by atoms with van der Waals surface area (Å²) in [6, 6.07) is 5.55. The van der Waals surface area contributed by atoms with E-state index in [-0.39, 0.29) is 10.6 Å². The summed E-state index contributed by atoms with van der Waals surface area (Å²) >= 11 is 0. The highest BCUT2D eigenvalue weighted by atomic mass is 16.6. The maximum atomic E-state index is 10.9. The normalized spacial score (nSPS) is 20.4. The minimum Gasteiger partial charge on any atom is -0.388 e. The van der Waals surface area contributed by atoms with Gasteiger partial charge in [0.05, 0.1) is 4.92 Å². The Morgan fingerprint density at radius 3 is 2.76 bits per heavy atom. The van der Waals surface area contributed by atoms with E-state index in [9.17, 15) is 10.1 Å². The molecule has 1 aliphatic rings. The molecular weight excluding hydrogens is 268 g/mol. The molecule has 0 spiro atoms. The van der Waals surface area contributed by atoms with Gasteiger partial charge in [0.2, 0.25) is 0 Å². The second kappa shape index (κ2) is 6.87. The van der Waals surface area contributed by atoms with Crippen LogP contribution in [0.25, 0.3) is 0 Å². The fourth-order valence-electron chi connectivity index (χ4n) is 2.99. The molecule has 1 aromatic rings. The van der Waals surface area contributed by atoms with Crippen molar-refractivity contribution < 1.29 is 4.92 Å². The third-order valence-electron chi connectivity index (χ3n) is 4.22. The zero-order chi connectivity index (χ0) is 15.4. The van der Waals surface area contributed by atoms with E-state index in [1.807, 2.05) is 7.05 Å². The number of nitro benzene ring substituents is 1. The van der Waals surface area contributed by atoms with Crippen molar-refractivity contribution in [3.05, 3.63) is 33.9 Å². The number of non-ortho nitro benzene ring substituents is 1. The van der Waals surface area contributed by atoms with E-state index >= 15 is 0 Å². The van der Waals surface area contributed by atoms with Gasteiger partial charge in [0, 0.05) is 57.1 Å². The number of benzene rings is 1. The van der Waals surface area contributed by atoms with Crippen molar-refractivity contribution in [1.29, 1.82) is 0 Å². The van der Waals surface area contributed by atoms with E-state index < -0.39 is 0 Å². The molecule has 1 fully saturated rings. The smallest absolute Gasteiger partial charge is 0.269 e. The van der Waals surface area contributed by atoms with Crippen molar-refractivity contribution in [3.8, 4) is 0 Å². The molecule has 0 saturated carbocycles. The molecule has 1 heterocycles. The Kier molecular flexibility index (Phi) is 5.14. The minimum absolute atomic E-state index is 0.157. The summed E-state index contributed by atoms with van der Waals surface area (Å²) in [6.07, 6.45) is 0. The van der Waals surface area contributed by atoms with E-state index in [0.29, 0.717) is 6.04 Å². The molecule has 1 aromatic carbocycles. The molecule has 6 nitrogen and oxygen atoms in total. The first kappa shape index (κ1) is 15.7. The third kappa shape index (κ3) is 3.71. The first-order chi connectivity index (χ1) is 10.0. The zero-order valence-corrected chi connectivity index (χ0v) is 13.0. The lowest BCUT2D eigenvalue weighted by Gasteiger charge is -2.39. The van der Waals surface area contributed by atoms with Crippen molar-refractivity contribution in [2.75, 3.05) is 38.5 Å². The topological polar surface area (TPSA) is 61.7 Å². The van der Waals surface area contributed by atoms with Crippen LogP contribution in [0.1, 0.15) is 19.4 Å². The summed E-state index contributed by atoms with van der Waals surface area (Å²) in [6.45, 7) is 9.31. The highest BCUT2D eigenvalue weighted by molar-refractivity contribution is 5.55. The second-order valence-corrected chi connectivity index (χ2v) is 5.56. The van der Waals surface area contributed by atoms with E-state index in [1.54, 1.807) is 18.2 Å². The van der Waals surface area contributed by atoms with Gasteiger partial charge in [0.15, 0.2) is 0 Å². The SMILES string of the molecule is CCN1CCN(Cc2cc([N+](=O)[O-])ccc2NC)CC1C. The van der Waals surface area contributed by atoms with Crippen LogP contribution in [0.3, 0.4) is 0 Å². The van der Waals surface area contributed by atoms with E-state index in [2.05, 4.69) is 29.0 Å². The van der Waals surface area contributed by atoms with Crippen molar-refractivity contribution in [1.82, 2.24) is 9.80 Å². The first-order valence-electron chi connectivity index (χ1n) is 7.46. The first-order valence-corrected chi connectivity index (χ1v) is 7.46. The van der Waals surface area contributed by atoms with Crippen LogP contribution in [-0.4, -0.2) is 54.0 Å². The van der Waals surface area contributed by atoms with Crippen LogP contribution in [0.2, 0.25) is 0 Å². The number of nitrogens with zero attached hydrogens (tertiary/aromatic N) is 3. The maximum absolute atomic E-state index is 10.9. The summed E-state index contributed by atoms with van der Waals surface area (Å²) in [4.78, 5) is 15.4. The molecule has 0 amide bonds. The van der Waals surface area contributed by atoms with Gasteiger partial charge in [0.1, 0.15) is 0 Å². The van der Waals surface area contributed by atoms with Crippen molar-refractivity contribution in [3.63, 3.8) is 0 Å². The average molecular weight is 292 g/mol. The lowest BCUT2D eigenvalue weighted by Crippen LogP contribution is -2.51. The number of rotatable bonds is 5. The molecule has 1 N–H and O–H groups in total. The number of likely N-dealkylation sites (N-methyl/N-ethyl adjacent to an activating group) is 1. The van der Waals surface area contributed by atoms with Crippen LogP contribution >= 0.6 is 0 Å². The number of nitrogens with one attached hydrogen (secondary N) is 1. The van der Waals surface area contributed by atoms with Gasteiger partial charge >= 0.3 is 0 Å². The Labute approximate surface area is 125 Å². The summed E-state index contributed by atoms with van der Waals surface area (Å²) in [5, 5.41) is 14.1. The molecule has 2 rings (SSSR count). The van der Waals surface area contributed by atoms with Crippen LogP contribution in [0, 0.1) is 10.1 Å². The molecule has 0 aromatic heterocycles. The Balaban J connectivity index is 2.11. The zero-order valence-electron chi connectivity index (χ0n) is 13.0. The van der Waals surface area contributed by atoms with Gasteiger partial charge in [-0.1, -0.05) is 6.92 Å². The molecule has 1 atom stereocenters. The van der Waals surface area contributed by atoms with Crippen LogP contribution in [0.15, 0.2) is 18.2 Å². The lowest BCUT2D eigenvalue weighted by molar-refractivity contribution is -0.384. The van der Waals surface area contributed by atoms with Crippen LogP contribution < -0.4 is 5.32 Å². The quantitative estimate of drug-likeness (QED) is 0.665. The summed E-state index contributed by atoms with van der Waals surface area (Å²) in [5.74, 6) is 0. The van der Waals surface area contributed by atoms with Gasteiger partial charge in [-0.15, -0.1) is 0 Å². The predicted octanol–water partition coefficient (Wildman–Crippen LogP) is 2.16. The molecule has 21 heavy (non-hydrogen) atoms. The second-order valence-electron chi connectivity index (χ2n) is 5.56. The molecule has 0 aliphatic carbocycles. The predicted molar refractivity (Wildman–Crippen MR) is 84.6 cm³/mol. The minimum atomic E-state index is -0.333. The van der Waals surface area contributed by atoms with Gasteiger partial charge in [-0.3, -0.25) is 19.9 Å². The van der Waals surface area contributed by atoms with Gasteiger partial charge in [-0.05, 0) is 25.1 Å². The van der Waals surface area contributed by atoms with Gasteiger partial charge in [-0.2, -0.15) is 0 Å². The van der Waals surface area contributed by atoms with Gasteiger partial charge in [-0.25, -0.2) is 0 Å². The number of hydrogen-bond donors (Lipinski definition) is 1. The standard InChI is InChI=1S/C15H24N4O2/c1-4-18-8-7-17(10-12(18)2)11-13-9-14(19(20)21)5-6-15(13)16-3/h5-6,9,12,16H,4,7-8,10-11H2,1-3H3. The molecule has 0 radical (unpaired) electrons. The fourth-order valence-corrected chi connectivity index (χ4v) is 2.99. The summed E-state index contributed by atoms with van der Waals surface area (Å²) < 4.78 is 0. The van der Waals surface area contributed by atoms with Crippen LogP contribution in [0.4, 0.5) is 11.4 Å². The van der Waals surface area contributed by atoms with E-state index in [1.165, 1.54) is 0 Å². The Bertz CT molecular complexity index is 506. The Morgan fingerprint density at radius 1 is 1.43 bits per heavy atom. The summed E-state index contributed by atoms with van der Waals surface area (Å²) in [7, 11) is 1.85. The monoisotopic (exact) mass is 292 g/mol. The van der Waals surface area contributed by atoms with Gasteiger partial charge < -0.3 is 5.32 Å². The van der Waals surface area contributed by atoms with Crippen molar-refractivity contribution in [2.24, 2.45) is 0 Å². The molecule has 1 unspecified atom stereocenters. The number of hydrogen-bond acceptors (Lipinski definition) is 5. The maximum Gasteiger partial charge on any atom is 0.269 e. The fraction of sp³-hybridized carbons (Fsp3) is 0.600. The highest BCUT2D eigenvalue weighted by Crippen LogP contribution is 2.24. The average Bonchev–Trinajstić information content (AvgIpc) is 2.47. The van der Waals surface area contributed by atoms with Gasteiger partial charge in [0.25, 0.3) is 5.69 Å². The Hall–Kier alpha value is -1.66. The molecule has 1 saturated heterocycles. The number of piperazine rings is 1. The van der Waals surface area contributed by atoms with Crippen LogP contribution in [-0.2, 0) is 6.54 Å². The third-order valence-corrected chi connectivity index (χ3v) is 4.22. The largest absolute Gasteiger partial charge is 0.388 e. The van der Waals surface area contributed by atoms with E-state index in [4.69, 9.17) is 0 Å². The lowest BCUT2D eigenvalue weighted by atomic mass is 10.1. The van der Waals surface area contributed by atoms with Crippen LogP contribution in [0.5, 0.6) is 0 Å². The molecular formula is C15H24N4O2. The van der Waals surface area contributed by atoms with Crippen molar-refractivity contribution >= 4 is 11.4 Å². The number of nitro groups is 1. The molecule has 6 heteroatoms. The summed E-state index contributed by atoms with van der Waals surface area (Å²) in [5.41, 5.74) is 2.11.